The maximum Gasteiger partial charge on any atom is 0.0453 e. The molecule has 2 aromatic rings. The third kappa shape index (κ3) is 4.63. The van der Waals surface area contributed by atoms with Gasteiger partial charge in [0.15, 0.2) is 0 Å². The first-order valence-electron chi connectivity index (χ1n) is 5.98. The van der Waals surface area contributed by atoms with Gasteiger partial charge >= 0.3 is 0 Å². The van der Waals surface area contributed by atoms with Crippen LogP contribution < -0.4 is 5.73 Å². The molecule has 1 unspecified atom stereocenters. The fourth-order valence-electron chi connectivity index (χ4n) is 1.97. The van der Waals surface area contributed by atoms with Crippen molar-refractivity contribution in [2.24, 2.45) is 5.73 Å². The minimum absolute atomic E-state index is 0.0544. The van der Waals surface area contributed by atoms with Crippen LogP contribution in [0.3, 0.4) is 0 Å². The summed E-state index contributed by atoms with van der Waals surface area (Å²) in [6.07, 6.45) is 1.60. The van der Waals surface area contributed by atoms with Gasteiger partial charge in [-0.05, 0) is 70.8 Å². The highest BCUT2D eigenvalue weighted by Crippen LogP contribution is 2.22. The molecule has 4 heteroatoms. The molecule has 0 aliphatic heterocycles. The molecule has 0 aliphatic carbocycles. The molecular weight excluding hydrogens is 392 g/mol. The highest BCUT2D eigenvalue weighted by molar-refractivity contribution is 14.1. The van der Waals surface area contributed by atoms with E-state index in [-0.39, 0.29) is 6.04 Å². The van der Waals surface area contributed by atoms with E-state index in [1.807, 2.05) is 12.1 Å². The summed E-state index contributed by atoms with van der Waals surface area (Å²) >= 11 is 14.3. The molecule has 1 atom stereocenters. The van der Waals surface area contributed by atoms with Gasteiger partial charge in [-0.25, -0.2) is 0 Å². The first kappa shape index (κ1) is 15.1. The van der Waals surface area contributed by atoms with Crippen LogP contribution in [0.5, 0.6) is 0 Å². The van der Waals surface area contributed by atoms with Crippen LogP contribution in [-0.4, -0.2) is 6.04 Å². The maximum atomic E-state index is 6.19. The van der Waals surface area contributed by atoms with E-state index < -0.39 is 0 Å². The zero-order valence-corrected chi connectivity index (χ0v) is 13.9. The lowest BCUT2D eigenvalue weighted by atomic mass is 10.00. The monoisotopic (exact) mass is 405 g/mol. The molecule has 0 spiro atoms. The van der Waals surface area contributed by atoms with Crippen LogP contribution in [0.2, 0.25) is 10.0 Å². The molecule has 0 bridgehead atoms. The smallest absolute Gasteiger partial charge is 0.0453 e. The first-order chi connectivity index (χ1) is 9.04. The fourth-order valence-corrected chi connectivity index (χ4v) is 2.81. The quantitative estimate of drug-likeness (QED) is 0.732. The summed E-state index contributed by atoms with van der Waals surface area (Å²) in [5, 5.41) is 1.34. The fraction of sp³-hybridized carbons (Fsp3) is 0.200. The van der Waals surface area contributed by atoms with Gasteiger partial charge in [0, 0.05) is 19.7 Å². The van der Waals surface area contributed by atoms with Crippen LogP contribution in [0.4, 0.5) is 0 Å². The third-order valence-electron chi connectivity index (χ3n) is 2.91. The number of halogens is 3. The minimum Gasteiger partial charge on any atom is -0.327 e. The third-order valence-corrected chi connectivity index (χ3v) is 4.21. The Morgan fingerprint density at radius 2 is 1.68 bits per heavy atom. The second-order valence-electron chi connectivity index (χ2n) is 4.53. The number of benzene rings is 2. The number of hydrogen-bond acceptors (Lipinski definition) is 1. The molecule has 0 radical (unpaired) electrons. The van der Waals surface area contributed by atoms with Gasteiger partial charge in [-0.3, -0.25) is 0 Å². The first-order valence-corrected chi connectivity index (χ1v) is 7.82. The van der Waals surface area contributed by atoms with E-state index in [0.29, 0.717) is 10.0 Å². The van der Waals surface area contributed by atoms with Crippen molar-refractivity contribution in [3.63, 3.8) is 0 Å². The van der Waals surface area contributed by atoms with Crippen LogP contribution in [0.15, 0.2) is 42.5 Å². The Labute approximate surface area is 137 Å². The summed E-state index contributed by atoms with van der Waals surface area (Å²) in [7, 11) is 0. The lowest BCUT2D eigenvalue weighted by Gasteiger charge is -2.13. The lowest BCUT2D eigenvalue weighted by molar-refractivity contribution is 0.665. The molecule has 2 N–H and O–H groups in total. The summed E-state index contributed by atoms with van der Waals surface area (Å²) in [4.78, 5) is 0. The molecule has 0 aromatic heterocycles. The molecular formula is C15H14Cl2IN. The highest BCUT2D eigenvalue weighted by atomic mass is 127. The Kier molecular flexibility index (Phi) is 5.51. The number of nitrogens with two attached hydrogens (primary N) is 1. The zero-order valence-electron chi connectivity index (χ0n) is 10.2. The molecule has 0 aliphatic rings. The second kappa shape index (κ2) is 6.93. The Balaban J connectivity index is 2.01. The van der Waals surface area contributed by atoms with E-state index in [1.165, 1.54) is 9.13 Å². The number of rotatable bonds is 4. The molecule has 100 valence electrons. The van der Waals surface area contributed by atoms with E-state index in [0.717, 1.165) is 18.4 Å². The van der Waals surface area contributed by atoms with E-state index in [4.69, 9.17) is 28.9 Å². The lowest BCUT2D eigenvalue weighted by Crippen LogP contribution is -2.25. The standard InChI is InChI=1S/C15H14Cl2IN/c16-12-4-3-11(15(17)9-12)8-14(19)7-10-1-5-13(18)6-2-10/h1-6,9,14H,7-8,19H2. The Hall–Kier alpha value is -0.290. The van der Waals surface area contributed by atoms with E-state index >= 15 is 0 Å². The summed E-state index contributed by atoms with van der Waals surface area (Å²) in [6, 6.07) is 14.0. The normalized spacial score (nSPS) is 12.4. The Morgan fingerprint density at radius 3 is 2.32 bits per heavy atom. The van der Waals surface area contributed by atoms with Crippen LogP contribution in [0.1, 0.15) is 11.1 Å². The zero-order chi connectivity index (χ0) is 13.8. The molecule has 2 rings (SSSR count). The van der Waals surface area contributed by atoms with Crippen molar-refractivity contribution in [2.75, 3.05) is 0 Å². The predicted molar refractivity (Wildman–Crippen MR) is 91.0 cm³/mol. The van der Waals surface area contributed by atoms with Crippen LogP contribution >= 0.6 is 45.8 Å². The molecule has 2 aromatic carbocycles. The van der Waals surface area contributed by atoms with Crippen molar-refractivity contribution < 1.29 is 0 Å². The van der Waals surface area contributed by atoms with Gasteiger partial charge in [0.25, 0.3) is 0 Å². The van der Waals surface area contributed by atoms with Crippen molar-refractivity contribution in [3.05, 3.63) is 67.2 Å². The van der Waals surface area contributed by atoms with E-state index in [9.17, 15) is 0 Å². The van der Waals surface area contributed by atoms with E-state index in [2.05, 4.69) is 46.9 Å². The number of hydrogen-bond donors (Lipinski definition) is 1. The summed E-state index contributed by atoms with van der Waals surface area (Å²) in [5.41, 5.74) is 8.48. The van der Waals surface area contributed by atoms with Gasteiger partial charge in [-0.1, -0.05) is 41.4 Å². The van der Waals surface area contributed by atoms with Gasteiger partial charge in [0.05, 0.1) is 0 Å². The summed E-state index contributed by atoms with van der Waals surface area (Å²) in [6.45, 7) is 0. The van der Waals surface area contributed by atoms with Crippen molar-refractivity contribution in [1.29, 1.82) is 0 Å². The highest BCUT2D eigenvalue weighted by Gasteiger charge is 2.09. The molecule has 0 saturated heterocycles. The van der Waals surface area contributed by atoms with Crippen molar-refractivity contribution in [2.45, 2.75) is 18.9 Å². The summed E-state index contributed by atoms with van der Waals surface area (Å²) < 4.78 is 1.23. The molecule has 0 fully saturated rings. The average molecular weight is 406 g/mol. The van der Waals surface area contributed by atoms with Crippen molar-refractivity contribution in [3.8, 4) is 0 Å². The topological polar surface area (TPSA) is 26.0 Å². The van der Waals surface area contributed by atoms with E-state index in [1.54, 1.807) is 6.07 Å². The molecule has 0 saturated carbocycles. The van der Waals surface area contributed by atoms with Gasteiger partial charge in [0.2, 0.25) is 0 Å². The molecule has 19 heavy (non-hydrogen) atoms. The van der Waals surface area contributed by atoms with Gasteiger partial charge in [-0.15, -0.1) is 0 Å². The van der Waals surface area contributed by atoms with Crippen LogP contribution in [0.25, 0.3) is 0 Å². The van der Waals surface area contributed by atoms with Gasteiger partial charge < -0.3 is 5.73 Å². The molecule has 1 nitrogen and oxygen atoms in total. The average Bonchev–Trinajstić information content (AvgIpc) is 2.36. The van der Waals surface area contributed by atoms with Crippen molar-refractivity contribution in [1.82, 2.24) is 0 Å². The largest absolute Gasteiger partial charge is 0.327 e. The van der Waals surface area contributed by atoms with Gasteiger partial charge in [-0.2, -0.15) is 0 Å². The van der Waals surface area contributed by atoms with Crippen LogP contribution in [-0.2, 0) is 12.8 Å². The molecule has 0 amide bonds. The second-order valence-corrected chi connectivity index (χ2v) is 6.62. The van der Waals surface area contributed by atoms with Crippen molar-refractivity contribution >= 4 is 45.8 Å². The summed E-state index contributed by atoms with van der Waals surface area (Å²) in [5.74, 6) is 0. The SMILES string of the molecule is NC(Cc1ccc(I)cc1)Cc1ccc(Cl)cc1Cl. The minimum atomic E-state index is 0.0544. The van der Waals surface area contributed by atoms with Gasteiger partial charge in [0.1, 0.15) is 0 Å². The Morgan fingerprint density at radius 1 is 1.00 bits per heavy atom. The predicted octanol–water partition coefficient (Wildman–Crippen LogP) is 4.71. The molecule has 0 heterocycles. The maximum absolute atomic E-state index is 6.19. The van der Waals surface area contributed by atoms with Crippen LogP contribution in [0, 0.1) is 3.57 Å². The Bertz CT molecular complexity index is 555.